The first-order chi connectivity index (χ1) is 8.90. The number of halogens is 1. The first kappa shape index (κ1) is 15.5. The number of nitrogens with zero attached hydrogens (tertiary/aromatic N) is 3. The summed E-state index contributed by atoms with van der Waals surface area (Å²) in [4.78, 5) is 24.3. The molecule has 0 aliphatic heterocycles. The van der Waals surface area contributed by atoms with E-state index in [1.807, 2.05) is 13.8 Å². The molecule has 0 saturated carbocycles. The van der Waals surface area contributed by atoms with Crippen LogP contribution in [-0.4, -0.2) is 38.8 Å². The summed E-state index contributed by atoms with van der Waals surface area (Å²) in [5, 5.41) is 10.8. The Balaban J connectivity index is 3.00. The average molecular weight is 288 g/mol. The maximum Gasteiger partial charge on any atom is 0.323 e. The Labute approximate surface area is 117 Å². The van der Waals surface area contributed by atoms with Crippen molar-refractivity contribution < 1.29 is 9.72 Å². The normalized spacial score (nSPS) is 10.8. The molecule has 0 aromatic carbocycles. The Morgan fingerprint density at radius 2 is 2.16 bits per heavy atom. The maximum atomic E-state index is 12.4. The monoisotopic (exact) mass is 287 g/mol. The summed E-state index contributed by atoms with van der Waals surface area (Å²) < 4.78 is 1.30. The fourth-order valence-corrected chi connectivity index (χ4v) is 1.99. The zero-order valence-corrected chi connectivity index (χ0v) is 12.1. The van der Waals surface area contributed by atoms with Crippen LogP contribution in [0.25, 0.3) is 0 Å². The molecule has 0 aliphatic rings. The fourth-order valence-electron chi connectivity index (χ4n) is 1.87. The van der Waals surface area contributed by atoms with E-state index >= 15 is 0 Å². The van der Waals surface area contributed by atoms with Crippen molar-refractivity contribution in [3.8, 4) is 0 Å². The van der Waals surface area contributed by atoms with Crippen LogP contribution in [0.5, 0.6) is 0 Å². The highest BCUT2D eigenvalue weighted by atomic mass is 35.5. The average Bonchev–Trinajstić information content (AvgIpc) is 2.71. The third kappa shape index (κ3) is 3.47. The van der Waals surface area contributed by atoms with E-state index < -0.39 is 4.92 Å². The maximum absolute atomic E-state index is 12.4. The Morgan fingerprint density at radius 3 is 2.58 bits per heavy atom. The molecule has 0 radical (unpaired) electrons. The van der Waals surface area contributed by atoms with Crippen LogP contribution in [0.1, 0.15) is 30.8 Å². The van der Waals surface area contributed by atoms with Gasteiger partial charge in [-0.1, -0.05) is 0 Å². The first-order valence-electron chi connectivity index (χ1n) is 6.07. The van der Waals surface area contributed by atoms with E-state index in [0.29, 0.717) is 24.5 Å². The van der Waals surface area contributed by atoms with Gasteiger partial charge in [-0.15, -0.1) is 11.6 Å². The molecule has 0 fully saturated rings. The van der Waals surface area contributed by atoms with Crippen LogP contribution >= 0.6 is 11.6 Å². The highest BCUT2D eigenvalue weighted by molar-refractivity contribution is 6.17. The molecule has 1 heterocycles. The number of aromatic nitrogens is 1. The third-order valence-corrected chi connectivity index (χ3v) is 3.19. The summed E-state index contributed by atoms with van der Waals surface area (Å²) in [6.07, 6.45) is 0.692. The summed E-state index contributed by atoms with van der Waals surface area (Å²) in [6, 6.07) is 2.84. The van der Waals surface area contributed by atoms with Crippen LogP contribution in [0, 0.1) is 10.1 Å². The zero-order chi connectivity index (χ0) is 14.6. The molecule has 0 aliphatic carbocycles. The van der Waals surface area contributed by atoms with Crippen molar-refractivity contribution >= 4 is 23.3 Å². The molecular weight excluding hydrogens is 270 g/mol. The number of alkyl halides is 1. The molecule has 1 aromatic rings. The van der Waals surface area contributed by atoms with Crippen molar-refractivity contribution in [1.29, 1.82) is 0 Å². The van der Waals surface area contributed by atoms with Crippen LogP contribution in [0.15, 0.2) is 12.1 Å². The minimum absolute atomic E-state index is 0.0182. The van der Waals surface area contributed by atoms with E-state index in [1.54, 1.807) is 4.90 Å². The van der Waals surface area contributed by atoms with Crippen LogP contribution in [0.2, 0.25) is 0 Å². The van der Waals surface area contributed by atoms with Crippen LogP contribution in [-0.2, 0) is 7.05 Å². The number of hydrogen-bond acceptors (Lipinski definition) is 3. The molecule has 0 atom stereocenters. The first-order valence-corrected chi connectivity index (χ1v) is 6.60. The Bertz CT molecular complexity index is 471. The second-order valence-electron chi connectivity index (χ2n) is 4.53. The van der Waals surface area contributed by atoms with Gasteiger partial charge in [0.1, 0.15) is 0 Å². The second-order valence-corrected chi connectivity index (χ2v) is 4.91. The second kappa shape index (κ2) is 6.56. The number of hydrogen-bond donors (Lipinski definition) is 0. The van der Waals surface area contributed by atoms with E-state index in [4.69, 9.17) is 11.6 Å². The zero-order valence-electron chi connectivity index (χ0n) is 11.3. The fraction of sp³-hybridized carbons (Fsp3) is 0.583. The minimum atomic E-state index is -0.505. The Hall–Kier alpha value is -1.56. The van der Waals surface area contributed by atoms with Crippen LogP contribution in [0.4, 0.5) is 5.82 Å². The molecule has 1 rings (SSSR count). The number of nitro groups is 1. The molecule has 0 bridgehead atoms. The quantitative estimate of drug-likeness (QED) is 0.458. The SMILES string of the molecule is CC(C)N(CCCCl)C(=O)c1ccc([N+](=O)[O-])n1C. The van der Waals surface area contributed by atoms with Crippen LogP contribution < -0.4 is 0 Å². The van der Waals surface area contributed by atoms with Gasteiger partial charge in [0.15, 0.2) is 5.69 Å². The van der Waals surface area contributed by atoms with Crippen molar-refractivity contribution in [2.75, 3.05) is 12.4 Å². The van der Waals surface area contributed by atoms with Crippen molar-refractivity contribution in [3.05, 3.63) is 27.9 Å². The number of rotatable bonds is 6. The van der Waals surface area contributed by atoms with Gasteiger partial charge in [-0.2, -0.15) is 0 Å². The highest BCUT2D eigenvalue weighted by Gasteiger charge is 2.26. The lowest BCUT2D eigenvalue weighted by Crippen LogP contribution is -2.38. The van der Waals surface area contributed by atoms with Crippen molar-refractivity contribution in [1.82, 2.24) is 9.47 Å². The number of carbonyl (C=O) groups is 1. The summed E-state index contributed by atoms with van der Waals surface area (Å²) in [6.45, 7) is 4.35. The van der Waals surface area contributed by atoms with Gasteiger partial charge in [-0.05, 0) is 31.3 Å². The molecular formula is C12H18ClN3O3. The molecule has 19 heavy (non-hydrogen) atoms. The van der Waals surface area contributed by atoms with E-state index in [0.717, 1.165) is 0 Å². The lowest BCUT2D eigenvalue weighted by atomic mass is 10.2. The molecule has 0 unspecified atom stereocenters. The van der Waals surface area contributed by atoms with Gasteiger partial charge in [-0.25, -0.2) is 4.57 Å². The standard InChI is InChI=1S/C12H18ClN3O3/c1-9(2)15(8-4-7-13)12(17)10-5-6-11(14(10)3)16(18)19/h5-6,9H,4,7-8H2,1-3H3. The Kier molecular flexibility index (Phi) is 5.35. The molecule has 6 nitrogen and oxygen atoms in total. The highest BCUT2D eigenvalue weighted by Crippen LogP contribution is 2.18. The molecule has 0 spiro atoms. The van der Waals surface area contributed by atoms with Gasteiger partial charge < -0.3 is 15.0 Å². The Morgan fingerprint density at radius 1 is 1.53 bits per heavy atom. The predicted octanol–water partition coefficient (Wildman–Crippen LogP) is 2.41. The van der Waals surface area contributed by atoms with Crippen molar-refractivity contribution in [2.45, 2.75) is 26.3 Å². The summed E-state index contributed by atoms with van der Waals surface area (Å²) >= 11 is 5.65. The lowest BCUT2D eigenvalue weighted by molar-refractivity contribution is -0.391. The summed E-state index contributed by atoms with van der Waals surface area (Å²) in [5.41, 5.74) is 0.315. The van der Waals surface area contributed by atoms with Gasteiger partial charge in [0.2, 0.25) is 0 Å². The molecule has 1 aromatic heterocycles. The van der Waals surface area contributed by atoms with Crippen molar-refractivity contribution in [3.63, 3.8) is 0 Å². The molecule has 1 amide bonds. The van der Waals surface area contributed by atoms with E-state index in [2.05, 4.69) is 0 Å². The van der Waals surface area contributed by atoms with Crippen LogP contribution in [0.3, 0.4) is 0 Å². The van der Waals surface area contributed by atoms with Gasteiger partial charge in [-0.3, -0.25) is 4.79 Å². The largest absolute Gasteiger partial charge is 0.358 e. The van der Waals surface area contributed by atoms with Gasteiger partial charge in [0.25, 0.3) is 5.91 Å². The van der Waals surface area contributed by atoms with Gasteiger partial charge in [0, 0.05) is 24.5 Å². The number of amides is 1. The minimum Gasteiger partial charge on any atom is -0.358 e. The van der Waals surface area contributed by atoms with Crippen molar-refractivity contribution in [2.24, 2.45) is 7.05 Å². The van der Waals surface area contributed by atoms with Gasteiger partial charge >= 0.3 is 5.82 Å². The summed E-state index contributed by atoms with van der Waals surface area (Å²) in [7, 11) is 1.52. The van der Waals surface area contributed by atoms with E-state index in [-0.39, 0.29) is 17.8 Å². The smallest absolute Gasteiger partial charge is 0.323 e. The molecule has 0 N–H and O–H groups in total. The van der Waals surface area contributed by atoms with Gasteiger partial charge in [0.05, 0.1) is 7.05 Å². The third-order valence-electron chi connectivity index (χ3n) is 2.92. The lowest BCUT2D eigenvalue weighted by Gasteiger charge is -2.25. The topological polar surface area (TPSA) is 68.4 Å². The molecule has 0 saturated heterocycles. The summed E-state index contributed by atoms with van der Waals surface area (Å²) in [5.74, 6) is 0.171. The molecule has 7 heteroatoms. The molecule has 106 valence electrons. The van der Waals surface area contributed by atoms with E-state index in [9.17, 15) is 14.9 Å². The van der Waals surface area contributed by atoms with E-state index in [1.165, 1.54) is 23.7 Å². The predicted molar refractivity (Wildman–Crippen MR) is 73.6 cm³/mol. The number of carbonyl (C=O) groups excluding carboxylic acids is 1.